The van der Waals surface area contributed by atoms with Crippen LogP contribution in [-0.2, 0) is 6.54 Å². The second-order valence-electron chi connectivity index (χ2n) is 5.34. The number of carbonyl (C=O) groups is 1. The van der Waals surface area contributed by atoms with Crippen LogP contribution in [0.25, 0.3) is 0 Å². The molecule has 0 bridgehead atoms. The van der Waals surface area contributed by atoms with Crippen molar-refractivity contribution in [1.82, 2.24) is 4.98 Å². The van der Waals surface area contributed by atoms with Crippen molar-refractivity contribution in [1.29, 1.82) is 0 Å². The lowest BCUT2D eigenvalue weighted by atomic mass is 10.1. The number of primary amides is 1. The number of anilines is 2. The van der Waals surface area contributed by atoms with Crippen molar-refractivity contribution in [2.75, 3.05) is 10.6 Å². The van der Waals surface area contributed by atoms with Crippen molar-refractivity contribution in [2.24, 2.45) is 5.73 Å². The largest absolute Gasteiger partial charge is 0.399 e. The lowest BCUT2D eigenvalue weighted by Crippen LogP contribution is -2.29. The second-order valence-corrected chi connectivity index (χ2v) is 5.34. The van der Waals surface area contributed by atoms with E-state index in [1.807, 2.05) is 24.3 Å². The number of amides is 1. The molecule has 0 unspecified atom stereocenters. The fourth-order valence-corrected chi connectivity index (χ4v) is 2.40. The van der Waals surface area contributed by atoms with Crippen LogP contribution in [0.15, 0.2) is 42.6 Å². The standard InChI is InChI=1S/C16H18N4O/c17-12-5-3-11(4-6-12)10-20(13-7-8-13)16-14(15(18)21)2-1-9-19-16/h1-6,9,13H,7-8,10,17H2,(H2,18,21). The molecule has 2 aromatic rings. The highest BCUT2D eigenvalue weighted by Gasteiger charge is 2.32. The van der Waals surface area contributed by atoms with Gasteiger partial charge in [0.2, 0.25) is 0 Å². The summed E-state index contributed by atoms with van der Waals surface area (Å²) >= 11 is 0. The average molecular weight is 282 g/mol. The summed E-state index contributed by atoms with van der Waals surface area (Å²) in [6.45, 7) is 0.697. The molecule has 5 heteroatoms. The third kappa shape index (κ3) is 2.97. The Morgan fingerprint density at radius 1 is 1.24 bits per heavy atom. The first-order valence-corrected chi connectivity index (χ1v) is 7.01. The molecule has 0 atom stereocenters. The fraction of sp³-hybridized carbons (Fsp3) is 0.250. The maximum atomic E-state index is 11.6. The van der Waals surface area contributed by atoms with Crippen LogP contribution in [0.4, 0.5) is 11.5 Å². The van der Waals surface area contributed by atoms with Crippen molar-refractivity contribution < 1.29 is 4.79 Å². The molecule has 1 fully saturated rings. The summed E-state index contributed by atoms with van der Waals surface area (Å²) in [5, 5.41) is 0. The SMILES string of the molecule is NC(=O)c1cccnc1N(Cc1ccc(N)cc1)C1CC1. The first kappa shape index (κ1) is 13.4. The van der Waals surface area contributed by atoms with Crippen LogP contribution in [-0.4, -0.2) is 16.9 Å². The Kier molecular flexibility index (Phi) is 3.48. The van der Waals surface area contributed by atoms with Gasteiger partial charge in [0.1, 0.15) is 5.82 Å². The van der Waals surface area contributed by atoms with E-state index in [1.165, 1.54) is 0 Å². The van der Waals surface area contributed by atoms with Gasteiger partial charge >= 0.3 is 0 Å². The summed E-state index contributed by atoms with van der Waals surface area (Å²) in [5.74, 6) is 0.227. The molecule has 4 N–H and O–H groups in total. The Bertz CT molecular complexity index is 650. The number of hydrogen-bond donors (Lipinski definition) is 2. The van der Waals surface area contributed by atoms with Crippen LogP contribution in [0, 0.1) is 0 Å². The fourth-order valence-electron chi connectivity index (χ4n) is 2.40. The number of nitrogens with zero attached hydrogens (tertiary/aromatic N) is 2. The van der Waals surface area contributed by atoms with Crippen LogP contribution in [0.5, 0.6) is 0 Å². The lowest BCUT2D eigenvalue weighted by molar-refractivity contribution is 0.100. The smallest absolute Gasteiger partial charge is 0.252 e. The van der Waals surface area contributed by atoms with Crippen LogP contribution in [0.2, 0.25) is 0 Å². The van der Waals surface area contributed by atoms with Gasteiger partial charge in [0.25, 0.3) is 5.91 Å². The van der Waals surface area contributed by atoms with Crippen molar-refractivity contribution in [3.05, 3.63) is 53.7 Å². The molecule has 1 saturated carbocycles. The topological polar surface area (TPSA) is 85.2 Å². The third-order valence-electron chi connectivity index (χ3n) is 3.64. The average Bonchev–Trinajstić information content (AvgIpc) is 3.31. The normalized spacial score (nSPS) is 13.9. The molecule has 0 radical (unpaired) electrons. The van der Waals surface area contributed by atoms with Gasteiger partial charge in [-0.15, -0.1) is 0 Å². The monoisotopic (exact) mass is 282 g/mol. The van der Waals surface area contributed by atoms with E-state index in [9.17, 15) is 4.79 Å². The lowest BCUT2D eigenvalue weighted by Gasteiger charge is -2.25. The molecule has 1 aliphatic rings. The van der Waals surface area contributed by atoms with Crippen LogP contribution in [0.1, 0.15) is 28.8 Å². The third-order valence-corrected chi connectivity index (χ3v) is 3.64. The maximum absolute atomic E-state index is 11.6. The maximum Gasteiger partial charge on any atom is 0.252 e. The van der Waals surface area contributed by atoms with Gasteiger partial charge in [0.15, 0.2) is 0 Å². The summed E-state index contributed by atoms with van der Waals surface area (Å²) in [6, 6.07) is 11.6. The summed E-state index contributed by atoms with van der Waals surface area (Å²) in [6.07, 6.45) is 3.92. The minimum Gasteiger partial charge on any atom is -0.399 e. The predicted octanol–water partition coefficient (Wildman–Crippen LogP) is 1.93. The van der Waals surface area contributed by atoms with Gasteiger partial charge in [0, 0.05) is 24.5 Å². The van der Waals surface area contributed by atoms with Gasteiger partial charge in [-0.05, 0) is 42.7 Å². The van der Waals surface area contributed by atoms with Crippen LogP contribution in [0.3, 0.4) is 0 Å². The summed E-state index contributed by atoms with van der Waals surface area (Å²) < 4.78 is 0. The van der Waals surface area contributed by atoms with E-state index in [4.69, 9.17) is 11.5 Å². The molecule has 1 heterocycles. The van der Waals surface area contributed by atoms with Gasteiger partial charge in [-0.1, -0.05) is 12.1 Å². The highest BCUT2D eigenvalue weighted by atomic mass is 16.1. The minimum absolute atomic E-state index is 0.426. The molecule has 0 saturated heterocycles. The molecular weight excluding hydrogens is 264 g/mol. The molecule has 0 spiro atoms. The molecule has 5 nitrogen and oxygen atoms in total. The molecule has 1 aliphatic carbocycles. The van der Waals surface area contributed by atoms with E-state index in [2.05, 4.69) is 9.88 Å². The van der Waals surface area contributed by atoms with Gasteiger partial charge in [0.05, 0.1) is 5.56 Å². The summed E-state index contributed by atoms with van der Waals surface area (Å²) in [7, 11) is 0. The van der Waals surface area contributed by atoms with Crippen molar-refractivity contribution in [3.63, 3.8) is 0 Å². The van der Waals surface area contributed by atoms with E-state index in [0.717, 1.165) is 24.1 Å². The van der Waals surface area contributed by atoms with Gasteiger partial charge < -0.3 is 16.4 Å². The number of carbonyl (C=O) groups excluding carboxylic acids is 1. The number of pyridine rings is 1. The summed E-state index contributed by atoms with van der Waals surface area (Å²) in [5.41, 5.74) is 13.5. The van der Waals surface area contributed by atoms with Gasteiger partial charge in [-0.25, -0.2) is 4.98 Å². The number of hydrogen-bond acceptors (Lipinski definition) is 4. The molecule has 1 amide bonds. The number of rotatable bonds is 5. The molecule has 1 aromatic heterocycles. The van der Waals surface area contributed by atoms with Crippen LogP contribution >= 0.6 is 0 Å². The molecule has 108 valence electrons. The number of nitrogen functional groups attached to an aromatic ring is 1. The Labute approximate surface area is 123 Å². The van der Waals surface area contributed by atoms with Crippen molar-refractivity contribution in [3.8, 4) is 0 Å². The minimum atomic E-state index is -0.443. The zero-order valence-corrected chi connectivity index (χ0v) is 11.7. The van der Waals surface area contributed by atoms with E-state index in [-0.39, 0.29) is 0 Å². The zero-order valence-electron chi connectivity index (χ0n) is 11.7. The molecular formula is C16H18N4O. The Hall–Kier alpha value is -2.56. The molecule has 3 rings (SSSR count). The highest BCUT2D eigenvalue weighted by Crippen LogP contribution is 2.33. The van der Waals surface area contributed by atoms with Crippen molar-refractivity contribution >= 4 is 17.4 Å². The Morgan fingerprint density at radius 2 is 1.95 bits per heavy atom. The Balaban J connectivity index is 1.92. The highest BCUT2D eigenvalue weighted by molar-refractivity contribution is 5.97. The first-order chi connectivity index (χ1) is 10.1. The summed E-state index contributed by atoms with van der Waals surface area (Å²) in [4.78, 5) is 18.1. The number of aromatic nitrogens is 1. The quantitative estimate of drug-likeness (QED) is 0.821. The van der Waals surface area contributed by atoms with Gasteiger partial charge in [-0.3, -0.25) is 4.79 Å². The molecule has 0 aliphatic heterocycles. The molecule has 1 aromatic carbocycles. The van der Waals surface area contributed by atoms with E-state index >= 15 is 0 Å². The number of benzene rings is 1. The van der Waals surface area contributed by atoms with E-state index in [1.54, 1.807) is 18.3 Å². The predicted molar refractivity (Wildman–Crippen MR) is 82.8 cm³/mol. The van der Waals surface area contributed by atoms with E-state index in [0.29, 0.717) is 24.0 Å². The van der Waals surface area contributed by atoms with Crippen LogP contribution < -0.4 is 16.4 Å². The first-order valence-electron chi connectivity index (χ1n) is 7.01. The molecule has 21 heavy (non-hydrogen) atoms. The Morgan fingerprint density at radius 3 is 2.57 bits per heavy atom. The number of nitrogens with two attached hydrogens (primary N) is 2. The second kappa shape index (κ2) is 5.44. The van der Waals surface area contributed by atoms with Gasteiger partial charge in [-0.2, -0.15) is 0 Å². The van der Waals surface area contributed by atoms with E-state index < -0.39 is 5.91 Å². The van der Waals surface area contributed by atoms with Crippen molar-refractivity contribution in [2.45, 2.75) is 25.4 Å². The zero-order chi connectivity index (χ0) is 14.8.